The number of tetrazole rings is 1. The number of hydrogen-bond acceptors (Lipinski definition) is 5. The Kier molecular flexibility index (Phi) is 3.37. The predicted molar refractivity (Wildman–Crippen MR) is 66.3 cm³/mol. The first-order valence-electron chi connectivity index (χ1n) is 6.02. The second-order valence-corrected chi connectivity index (χ2v) is 4.79. The molecule has 102 valence electrons. The molecule has 2 aromatic heterocycles. The number of furan rings is 1. The van der Waals surface area contributed by atoms with Gasteiger partial charge < -0.3 is 9.52 Å². The molecule has 2 rings (SSSR count). The summed E-state index contributed by atoms with van der Waals surface area (Å²) in [7, 11) is 0. The van der Waals surface area contributed by atoms with Gasteiger partial charge in [0.2, 0.25) is 5.82 Å². The number of nitrogens with zero attached hydrogens (tertiary/aromatic N) is 4. The molecule has 1 atom stereocenters. The average molecular weight is 264 g/mol. The highest BCUT2D eigenvalue weighted by Gasteiger charge is 2.33. The molecule has 0 saturated heterocycles. The third kappa shape index (κ3) is 2.49. The number of carboxylic acids is 1. The van der Waals surface area contributed by atoms with Crippen LogP contribution in [0.3, 0.4) is 0 Å². The number of hydrogen-bond donors (Lipinski definition) is 1. The van der Waals surface area contributed by atoms with Crippen LogP contribution in [0.15, 0.2) is 16.5 Å². The van der Waals surface area contributed by atoms with Gasteiger partial charge in [0.25, 0.3) is 0 Å². The molecule has 1 N–H and O–H groups in total. The van der Waals surface area contributed by atoms with Gasteiger partial charge in [-0.25, -0.2) is 4.68 Å². The molecule has 0 bridgehead atoms. The van der Waals surface area contributed by atoms with Crippen molar-refractivity contribution >= 4 is 5.97 Å². The van der Waals surface area contributed by atoms with Crippen molar-refractivity contribution in [3.63, 3.8) is 0 Å². The average Bonchev–Trinajstić information content (AvgIpc) is 2.97. The molecule has 2 aromatic rings. The Labute approximate surface area is 110 Å². The Morgan fingerprint density at radius 1 is 1.53 bits per heavy atom. The van der Waals surface area contributed by atoms with Crippen LogP contribution in [0.2, 0.25) is 0 Å². The van der Waals surface area contributed by atoms with Crippen molar-refractivity contribution in [3.05, 3.63) is 17.9 Å². The summed E-state index contributed by atoms with van der Waals surface area (Å²) < 4.78 is 6.93. The van der Waals surface area contributed by atoms with Crippen LogP contribution >= 0.6 is 0 Å². The van der Waals surface area contributed by atoms with E-state index in [2.05, 4.69) is 15.5 Å². The van der Waals surface area contributed by atoms with Crippen LogP contribution in [-0.2, 0) is 11.3 Å². The van der Waals surface area contributed by atoms with Crippen LogP contribution in [0, 0.1) is 12.3 Å². The van der Waals surface area contributed by atoms with Gasteiger partial charge in [0.1, 0.15) is 5.76 Å². The minimum Gasteiger partial charge on any atom is -0.481 e. The van der Waals surface area contributed by atoms with Crippen LogP contribution in [0.25, 0.3) is 11.6 Å². The molecule has 0 aliphatic rings. The molecule has 0 saturated carbocycles. The minimum absolute atomic E-state index is 0.195. The highest BCUT2D eigenvalue weighted by molar-refractivity contribution is 5.74. The van der Waals surface area contributed by atoms with Crippen molar-refractivity contribution in [3.8, 4) is 11.6 Å². The molecule has 0 fully saturated rings. The fourth-order valence-corrected chi connectivity index (χ4v) is 1.70. The van der Waals surface area contributed by atoms with E-state index in [4.69, 9.17) is 4.42 Å². The summed E-state index contributed by atoms with van der Waals surface area (Å²) in [5.74, 6) is 0.855. The Bertz CT molecular complexity index is 589. The molecule has 0 aliphatic heterocycles. The number of carbonyl (C=O) groups is 1. The van der Waals surface area contributed by atoms with E-state index in [0.29, 0.717) is 18.0 Å². The summed E-state index contributed by atoms with van der Waals surface area (Å²) in [6.07, 6.45) is 0.485. The van der Waals surface area contributed by atoms with E-state index in [1.165, 1.54) is 4.68 Å². The van der Waals surface area contributed by atoms with Crippen LogP contribution < -0.4 is 0 Å². The van der Waals surface area contributed by atoms with Gasteiger partial charge in [-0.1, -0.05) is 6.92 Å². The molecular formula is C12H16N4O3. The molecule has 19 heavy (non-hydrogen) atoms. The third-order valence-corrected chi connectivity index (χ3v) is 3.29. The number of aromatic nitrogens is 4. The van der Waals surface area contributed by atoms with Gasteiger partial charge in [-0.05, 0) is 42.8 Å². The summed E-state index contributed by atoms with van der Waals surface area (Å²) in [4.78, 5) is 11.3. The third-order valence-electron chi connectivity index (χ3n) is 3.29. The fraction of sp³-hybridized carbons (Fsp3) is 0.500. The topological polar surface area (TPSA) is 94.0 Å². The molecule has 0 aromatic carbocycles. The summed E-state index contributed by atoms with van der Waals surface area (Å²) in [6.45, 7) is 5.52. The Morgan fingerprint density at radius 2 is 2.26 bits per heavy atom. The fourth-order valence-electron chi connectivity index (χ4n) is 1.70. The minimum atomic E-state index is -0.911. The molecule has 0 aliphatic carbocycles. The maximum absolute atomic E-state index is 11.3. The van der Waals surface area contributed by atoms with Gasteiger partial charge in [0.05, 0.1) is 12.0 Å². The van der Waals surface area contributed by atoms with Crippen LogP contribution in [-0.4, -0.2) is 31.3 Å². The summed E-state index contributed by atoms with van der Waals surface area (Å²) in [6, 6.07) is 3.58. The quantitative estimate of drug-likeness (QED) is 0.884. The number of aryl methyl sites for hydroxylation is 1. The maximum Gasteiger partial charge on any atom is 0.311 e. The van der Waals surface area contributed by atoms with Crippen LogP contribution in [0.4, 0.5) is 0 Å². The number of aliphatic carboxylic acids is 1. The summed E-state index contributed by atoms with van der Waals surface area (Å²) in [5.41, 5.74) is -0.911. The normalized spacial score (nSPS) is 14.3. The highest BCUT2D eigenvalue weighted by atomic mass is 16.4. The monoisotopic (exact) mass is 264 g/mol. The Hall–Kier alpha value is -2.18. The largest absolute Gasteiger partial charge is 0.481 e. The first-order chi connectivity index (χ1) is 8.96. The summed E-state index contributed by atoms with van der Waals surface area (Å²) in [5, 5.41) is 20.6. The lowest BCUT2D eigenvalue weighted by atomic mass is 9.88. The highest BCUT2D eigenvalue weighted by Crippen LogP contribution is 2.26. The van der Waals surface area contributed by atoms with E-state index < -0.39 is 11.4 Å². The van der Waals surface area contributed by atoms with Crippen molar-refractivity contribution in [2.75, 3.05) is 0 Å². The van der Waals surface area contributed by atoms with Gasteiger partial charge in [-0.15, -0.1) is 5.10 Å². The first-order valence-corrected chi connectivity index (χ1v) is 6.02. The van der Waals surface area contributed by atoms with E-state index in [1.807, 2.05) is 19.9 Å². The molecule has 7 heteroatoms. The lowest BCUT2D eigenvalue weighted by Crippen LogP contribution is -2.32. The lowest BCUT2D eigenvalue weighted by molar-refractivity contribution is -0.149. The zero-order chi connectivity index (χ0) is 14.0. The zero-order valence-electron chi connectivity index (χ0n) is 11.1. The van der Waals surface area contributed by atoms with Gasteiger partial charge in [0.15, 0.2) is 5.76 Å². The van der Waals surface area contributed by atoms with Gasteiger partial charge >= 0.3 is 5.97 Å². The van der Waals surface area contributed by atoms with Crippen LogP contribution in [0.1, 0.15) is 26.0 Å². The summed E-state index contributed by atoms with van der Waals surface area (Å²) >= 11 is 0. The smallest absolute Gasteiger partial charge is 0.311 e. The second-order valence-electron chi connectivity index (χ2n) is 4.79. The van der Waals surface area contributed by atoms with E-state index in [1.54, 1.807) is 13.0 Å². The molecule has 0 amide bonds. The molecule has 2 heterocycles. The molecule has 0 spiro atoms. The van der Waals surface area contributed by atoms with Crippen molar-refractivity contribution in [2.24, 2.45) is 5.41 Å². The lowest BCUT2D eigenvalue weighted by Gasteiger charge is -2.22. The Morgan fingerprint density at radius 3 is 2.79 bits per heavy atom. The van der Waals surface area contributed by atoms with Gasteiger partial charge in [-0.3, -0.25) is 4.79 Å². The molecular weight excluding hydrogens is 248 g/mol. The van der Waals surface area contributed by atoms with E-state index >= 15 is 0 Å². The van der Waals surface area contributed by atoms with Gasteiger partial charge in [0, 0.05) is 0 Å². The Balaban J connectivity index is 2.33. The predicted octanol–water partition coefficient (Wildman–Crippen LogP) is 1.74. The van der Waals surface area contributed by atoms with Gasteiger partial charge in [-0.2, -0.15) is 0 Å². The van der Waals surface area contributed by atoms with E-state index in [9.17, 15) is 9.90 Å². The van der Waals surface area contributed by atoms with Crippen molar-refractivity contribution in [1.82, 2.24) is 20.2 Å². The van der Waals surface area contributed by atoms with Crippen molar-refractivity contribution < 1.29 is 14.3 Å². The zero-order valence-corrected chi connectivity index (χ0v) is 11.1. The second kappa shape index (κ2) is 4.83. The number of rotatable bonds is 5. The molecule has 1 unspecified atom stereocenters. The standard InChI is InChI=1S/C12H16N4O3/c1-4-12(3,11(17)18)7-16-10(13-14-15-16)9-6-5-8(2)19-9/h5-6H,4,7H2,1-3H3,(H,17,18). The molecule has 7 nitrogen and oxygen atoms in total. The van der Waals surface area contributed by atoms with Crippen molar-refractivity contribution in [2.45, 2.75) is 33.7 Å². The SMILES string of the molecule is CCC(C)(Cn1nnnc1-c1ccc(C)o1)C(=O)O. The van der Waals surface area contributed by atoms with E-state index in [-0.39, 0.29) is 6.54 Å². The molecule has 0 radical (unpaired) electrons. The van der Waals surface area contributed by atoms with Crippen molar-refractivity contribution in [1.29, 1.82) is 0 Å². The maximum atomic E-state index is 11.3. The van der Waals surface area contributed by atoms with Crippen LogP contribution in [0.5, 0.6) is 0 Å². The number of carboxylic acid groups (broad SMARTS) is 1. The van der Waals surface area contributed by atoms with E-state index in [0.717, 1.165) is 5.76 Å². The first kappa shape index (κ1) is 13.3.